The predicted octanol–water partition coefficient (Wildman–Crippen LogP) is 4.93. The Labute approximate surface area is 165 Å². The molecular formula is C20H15ClN4O3. The van der Waals surface area contributed by atoms with Gasteiger partial charge < -0.3 is 10.2 Å². The lowest BCUT2D eigenvalue weighted by atomic mass is 10.2. The van der Waals surface area contributed by atoms with Gasteiger partial charge in [0.05, 0.1) is 16.9 Å². The molecule has 0 heterocycles. The summed E-state index contributed by atoms with van der Waals surface area (Å²) >= 11 is 6.03. The number of benzene rings is 3. The van der Waals surface area contributed by atoms with Crippen molar-refractivity contribution in [3.05, 3.63) is 82.9 Å². The highest BCUT2D eigenvalue weighted by molar-refractivity contribution is 6.32. The molecule has 0 radical (unpaired) electrons. The van der Waals surface area contributed by atoms with E-state index in [1.54, 1.807) is 42.5 Å². The number of phenols is 2. The van der Waals surface area contributed by atoms with Crippen molar-refractivity contribution in [3.63, 3.8) is 0 Å². The van der Waals surface area contributed by atoms with Gasteiger partial charge in [-0.25, -0.2) is 5.43 Å². The number of carbonyl (C=O) groups excluding carboxylic acids is 1. The molecule has 3 rings (SSSR count). The number of carbonyl (C=O) groups is 1. The molecule has 0 bridgehead atoms. The van der Waals surface area contributed by atoms with Crippen LogP contribution in [0.4, 0.5) is 11.4 Å². The van der Waals surface area contributed by atoms with Crippen molar-refractivity contribution in [2.24, 2.45) is 15.3 Å². The lowest BCUT2D eigenvalue weighted by molar-refractivity contribution is 0.0954. The average Bonchev–Trinajstić information content (AvgIpc) is 2.69. The molecule has 0 unspecified atom stereocenters. The number of hydrogen-bond acceptors (Lipinski definition) is 6. The lowest BCUT2D eigenvalue weighted by Crippen LogP contribution is -2.17. The second kappa shape index (κ2) is 8.79. The molecule has 28 heavy (non-hydrogen) atoms. The molecule has 0 aliphatic rings. The van der Waals surface area contributed by atoms with Crippen molar-refractivity contribution >= 4 is 35.1 Å². The van der Waals surface area contributed by atoms with Crippen LogP contribution in [0.5, 0.6) is 11.5 Å². The van der Waals surface area contributed by atoms with Crippen LogP contribution in [0.1, 0.15) is 15.9 Å². The van der Waals surface area contributed by atoms with E-state index in [4.69, 9.17) is 11.6 Å². The van der Waals surface area contributed by atoms with E-state index in [9.17, 15) is 15.0 Å². The summed E-state index contributed by atoms with van der Waals surface area (Å²) in [6.45, 7) is 0. The summed E-state index contributed by atoms with van der Waals surface area (Å²) in [6.07, 6.45) is 1.28. The van der Waals surface area contributed by atoms with Crippen molar-refractivity contribution in [1.29, 1.82) is 0 Å². The maximum atomic E-state index is 12.0. The first-order chi connectivity index (χ1) is 13.5. The van der Waals surface area contributed by atoms with Crippen LogP contribution in [-0.4, -0.2) is 22.3 Å². The standard InChI is InChI=1S/C20H15ClN4O3/c21-17-6-1-2-7-18(17)24-23-15-8-9-19(27)14(10-15)12-22-25-20(28)13-4-3-5-16(26)11-13/h1-12,26-27H,(H,25,28)/b22-12-,24-23?. The van der Waals surface area contributed by atoms with Gasteiger partial charge in [0.2, 0.25) is 0 Å². The lowest BCUT2D eigenvalue weighted by Gasteiger charge is -2.02. The third kappa shape index (κ3) is 4.93. The van der Waals surface area contributed by atoms with Gasteiger partial charge in [0.25, 0.3) is 5.91 Å². The largest absolute Gasteiger partial charge is 0.508 e. The number of azo groups is 1. The van der Waals surface area contributed by atoms with E-state index in [0.717, 1.165) is 0 Å². The number of nitrogens with one attached hydrogen (secondary N) is 1. The van der Waals surface area contributed by atoms with Crippen molar-refractivity contribution in [2.75, 3.05) is 0 Å². The number of rotatable bonds is 5. The Morgan fingerprint density at radius 1 is 0.964 bits per heavy atom. The van der Waals surface area contributed by atoms with Gasteiger partial charge in [-0.05, 0) is 48.5 Å². The highest BCUT2D eigenvalue weighted by Crippen LogP contribution is 2.27. The van der Waals surface area contributed by atoms with Crippen molar-refractivity contribution in [3.8, 4) is 11.5 Å². The molecule has 0 aliphatic heterocycles. The molecule has 0 aliphatic carbocycles. The molecule has 7 nitrogen and oxygen atoms in total. The van der Waals surface area contributed by atoms with Gasteiger partial charge >= 0.3 is 0 Å². The van der Waals surface area contributed by atoms with Gasteiger partial charge in [-0.1, -0.05) is 29.8 Å². The Bertz CT molecular complexity index is 1070. The zero-order valence-electron chi connectivity index (χ0n) is 14.5. The second-order valence-electron chi connectivity index (χ2n) is 5.64. The first kappa shape index (κ1) is 19.1. The number of nitrogens with zero attached hydrogens (tertiary/aromatic N) is 3. The molecule has 0 saturated heterocycles. The van der Waals surface area contributed by atoms with Crippen LogP contribution in [0.3, 0.4) is 0 Å². The van der Waals surface area contributed by atoms with E-state index in [1.165, 1.54) is 30.5 Å². The Kier molecular flexibility index (Phi) is 5.98. The maximum absolute atomic E-state index is 12.0. The molecule has 0 atom stereocenters. The minimum absolute atomic E-state index is 0.0224. The number of halogens is 1. The van der Waals surface area contributed by atoms with E-state index in [0.29, 0.717) is 22.0 Å². The fourth-order valence-corrected chi connectivity index (χ4v) is 2.40. The van der Waals surface area contributed by atoms with E-state index in [2.05, 4.69) is 20.8 Å². The Morgan fingerprint density at radius 3 is 2.57 bits per heavy atom. The number of aromatic hydroxyl groups is 2. The first-order valence-electron chi connectivity index (χ1n) is 8.14. The zero-order valence-corrected chi connectivity index (χ0v) is 15.2. The summed E-state index contributed by atoms with van der Waals surface area (Å²) in [5, 5.41) is 31.8. The van der Waals surface area contributed by atoms with Crippen molar-refractivity contribution in [1.82, 2.24) is 5.43 Å². The highest BCUT2D eigenvalue weighted by Gasteiger charge is 2.05. The summed E-state index contributed by atoms with van der Waals surface area (Å²) in [4.78, 5) is 12.0. The Morgan fingerprint density at radius 2 is 1.79 bits per heavy atom. The average molecular weight is 395 g/mol. The fraction of sp³-hybridized carbons (Fsp3) is 0. The zero-order chi connectivity index (χ0) is 19.9. The third-order valence-electron chi connectivity index (χ3n) is 3.61. The Hall–Kier alpha value is -3.71. The fourth-order valence-electron chi connectivity index (χ4n) is 2.22. The molecule has 0 fully saturated rings. The van der Waals surface area contributed by atoms with E-state index >= 15 is 0 Å². The first-order valence-corrected chi connectivity index (χ1v) is 8.52. The van der Waals surface area contributed by atoms with Gasteiger partial charge in [-0.2, -0.15) is 10.2 Å². The van der Waals surface area contributed by atoms with E-state index in [1.807, 2.05) is 0 Å². The van der Waals surface area contributed by atoms with Gasteiger partial charge in [0, 0.05) is 11.1 Å². The normalized spacial score (nSPS) is 11.2. The van der Waals surface area contributed by atoms with Crippen LogP contribution in [0.25, 0.3) is 0 Å². The van der Waals surface area contributed by atoms with Crippen molar-refractivity contribution < 1.29 is 15.0 Å². The van der Waals surface area contributed by atoms with Gasteiger partial charge in [-0.15, -0.1) is 5.11 Å². The molecule has 3 N–H and O–H groups in total. The molecule has 0 aromatic heterocycles. The predicted molar refractivity (Wildman–Crippen MR) is 107 cm³/mol. The van der Waals surface area contributed by atoms with Crippen LogP contribution in [0, 0.1) is 0 Å². The van der Waals surface area contributed by atoms with Crippen LogP contribution in [0.2, 0.25) is 5.02 Å². The summed E-state index contributed by atoms with van der Waals surface area (Å²) in [5.74, 6) is -0.556. The molecular weight excluding hydrogens is 380 g/mol. The molecule has 8 heteroatoms. The van der Waals surface area contributed by atoms with Crippen molar-refractivity contribution in [2.45, 2.75) is 0 Å². The minimum Gasteiger partial charge on any atom is -0.508 e. The summed E-state index contributed by atoms with van der Waals surface area (Å²) in [7, 11) is 0. The SMILES string of the molecule is O=C(N/N=C\c1cc(N=Nc2ccccc2Cl)ccc1O)c1cccc(O)c1. The summed E-state index contributed by atoms with van der Waals surface area (Å²) in [5.41, 5.74) is 3.91. The molecule has 1 amide bonds. The second-order valence-corrected chi connectivity index (χ2v) is 6.05. The molecule has 3 aromatic carbocycles. The number of hydrogen-bond donors (Lipinski definition) is 3. The Balaban J connectivity index is 1.72. The number of hydrazone groups is 1. The number of amides is 1. The smallest absolute Gasteiger partial charge is 0.271 e. The van der Waals surface area contributed by atoms with Crippen LogP contribution >= 0.6 is 11.6 Å². The molecule has 0 spiro atoms. The maximum Gasteiger partial charge on any atom is 0.271 e. The minimum atomic E-state index is -0.499. The highest BCUT2D eigenvalue weighted by atomic mass is 35.5. The molecule has 3 aromatic rings. The molecule has 140 valence electrons. The van der Waals surface area contributed by atoms with Crippen LogP contribution in [-0.2, 0) is 0 Å². The monoisotopic (exact) mass is 394 g/mol. The number of phenolic OH excluding ortho intramolecular Hbond substituents is 2. The summed E-state index contributed by atoms with van der Waals surface area (Å²) in [6, 6.07) is 17.5. The quantitative estimate of drug-likeness (QED) is 0.324. The van der Waals surface area contributed by atoms with E-state index in [-0.39, 0.29) is 17.1 Å². The van der Waals surface area contributed by atoms with Crippen LogP contribution < -0.4 is 5.43 Å². The van der Waals surface area contributed by atoms with Gasteiger partial charge in [0.1, 0.15) is 17.2 Å². The van der Waals surface area contributed by atoms with Crippen LogP contribution in [0.15, 0.2) is 82.1 Å². The van der Waals surface area contributed by atoms with Gasteiger partial charge in [-0.3, -0.25) is 4.79 Å². The third-order valence-corrected chi connectivity index (χ3v) is 3.93. The molecule has 0 saturated carbocycles. The summed E-state index contributed by atoms with van der Waals surface area (Å²) < 4.78 is 0. The van der Waals surface area contributed by atoms with E-state index < -0.39 is 5.91 Å². The van der Waals surface area contributed by atoms with Gasteiger partial charge in [0.15, 0.2) is 0 Å². The topological polar surface area (TPSA) is 107 Å².